The minimum Gasteiger partial charge on any atom is -0.309 e. The average molecular weight is 473 g/mol. The highest BCUT2D eigenvalue weighted by molar-refractivity contribution is 8.00. The highest BCUT2D eigenvalue weighted by Crippen LogP contribution is 2.32. The highest BCUT2D eigenvalue weighted by atomic mass is 32.2. The maximum absolute atomic E-state index is 12.1. The number of nitrogens with zero attached hydrogens (tertiary/aromatic N) is 5. The quantitative estimate of drug-likeness (QED) is 0.341. The van der Waals surface area contributed by atoms with E-state index in [-0.39, 0.29) is 5.56 Å². The summed E-state index contributed by atoms with van der Waals surface area (Å²) in [7, 11) is 0. The minimum absolute atomic E-state index is 0.0875. The minimum atomic E-state index is -0.0875. The maximum atomic E-state index is 12.1. The van der Waals surface area contributed by atoms with Gasteiger partial charge in [-0.15, -0.1) is 32.9 Å². The van der Waals surface area contributed by atoms with E-state index in [0.717, 1.165) is 32.9 Å². The lowest BCUT2D eigenvalue weighted by Crippen LogP contribution is -2.09. The number of thioether (sulfide) groups is 2. The molecule has 0 aliphatic rings. The number of H-pyrrole nitrogens is 1. The maximum Gasteiger partial charge on any atom is 0.268 e. The molecule has 0 aliphatic heterocycles. The molecule has 0 bridgehead atoms. The Kier molecular flexibility index (Phi) is 5.59. The molecule has 0 amide bonds. The normalized spacial score (nSPS) is 11.6. The lowest BCUT2D eigenvalue weighted by Gasteiger charge is -2.06. The van der Waals surface area contributed by atoms with E-state index in [1.54, 1.807) is 23.1 Å². The first-order chi connectivity index (χ1) is 14.7. The van der Waals surface area contributed by atoms with Gasteiger partial charge in [0.15, 0.2) is 9.50 Å². The van der Waals surface area contributed by atoms with Gasteiger partial charge in [-0.05, 0) is 30.5 Å². The summed E-state index contributed by atoms with van der Waals surface area (Å²) in [6.07, 6.45) is 0. The van der Waals surface area contributed by atoms with Crippen molar-refractivity contribution in [2.24, 2.45) is 0 Å². The van der Waals surface area contributed by atoms with Gasteiger partial charge in [-0.2, -0.15) is 0 Å². The summed E-state index contributed by atoms with van der Waals surface area (Å²) in [4.78, 5) is 24.2. The molecule has 7 nitrogen and oxygen atoms in total. The number of fused-ring (bicyclic) bond motifs is 2. The van der Waals surface area contributed by atoms with E-state index in [1.807, 2.05) is 29.6 Å². The largest absolute Gasteiger partial charge is 0.309 e. The van der Waals surface area contributed by atoms with Crippen molar-refractivity contribution in [2.75, 3.05) is 0 Å². The lowest BCUT2D eigenvalue weighted by molar-refractivity contribution is 0.659. The second-order valence-electron chi connectivity index (χ2n) is 6.32. The predicted octanol–water partition coefficient (Wildman–Crippen LogP) is 4.79. The molecular weight excluding hydrogens is 457 g/mol. The Hall–Kier alpha value is -2.21. The van der Waals surface area contributed by atoms with Gasteiger partial charge in [0.1, 0.15) is 16.3 Å². The van der Waals surface area contributed by atoms with Gasteiger partial charge in [0, 0.05) is 6.54 Å². The summed E-state index contributed by atoms with van der Waals surface area (Å²) in [5.41, 5.74) is 1.68. The Morgan fingerprint density at radius 3 is 2.83 bits per heavy atom. The van der Waals surface area contributed by atoms with Crippen LogP contribution in [-0.2, 0) is 18.1 Å². The molecule has 0 radical (unpaired) electrons. The molecule has 0 unspecified atom stereocenters. The lowest BCUT2D eigenvalue weighted by atomic mass is 10.3. The van der Waals surface area contributed by atoms with Crippen LogP contribution in [0.15, 0.2) is 50.0 Å². The Bertz CT molecular complexity index is 1350. The van der Waals surface area contributed by atoms with E-state index in [4.69, 9.17) is 0 Å². The van der Waals surface area contributed by atoms with Crippen LogP contribution in [0.1, 0.15) is 18.6 Å². The van der Waals surface area contributed by atoms with E-state index in [0.29, 0.717) is 22.0 Å². The van der Waals surface area contributed by atoms with Crippen LogP contribution in [0.4, 0.5) is 0 Å². The van der Waals surface area contributed by atoms with Gasteiger partial charge in [-0.1, -0.05) is 35.7 Å². The second kappa shape index (κ2) is 8.50. The second-order valence-corrected chi connectivity index (χ2v) is 10.4. The van der Waals surface area contributed by atoms with Crippen molar-refractivity contribution in [1.82, 2.24) is 29.7 Å². The molecule has 0 saturated heterocycles. The number of aromatic nitrogens is 6. The summed E-state index contributed by atoms with van der Waals surface area (Å²) < 4.78 is 4.99. The Morgan fingerprint density at radius 2 is 1.97 bits per heavy atom. The Labute approximate surface area is 188 Å². The van der Waals surface area contributed by atoms with E-state index < -0.39 is 0 Å². The number of thiazole rings is 1. The summed E-state index contributed by atoms with van der Waals surface area (Å²) in [5.74, 6) is 2.80. The van der Waals surface area contributed by atoms with Gasteiger partial charge in [0.05, 0.1) is 27.2 Å². The van der Waals surface area contributed by atoms with E-state index >= 15 is 0 Å². The fraction of sp³-hybridized carbons (Fsp3) is 0.211. The zero-order chi connectivity index (χ0) is 20.5. The molecule has 0 fully saturated rings. The highest BCUT2D eigenvalue weighted by Gasteiger charge is 2.14. The third-order valence-electron chi connectivity index (χ3n) is 4.41. The van der Waals surface area contributed by atoms with Crippen LogP contribution < -0.4 is 5.56 Å². The van der Waals surface area contributed by atoms with Gasteiger partial charge < -0.3 is 9.55 Å². The predicted molar refractivity (Wildman–Crippen MR) is 125 cm³/mol. The van der Waals surface area contributed by atoms with Crippen molar-refractivity contribution in [2.45, 2.75) is 34.5 Å². The molecule has 0 saturated carbocycles. The molecule has 11 heteroatoms. The Morgan fingerprint density at radius 1 is 1.07 bits per heavy atom. The summed E-state index contributed by atoms with van der Waals surface area (Å²) in [6, 6.07) is 10.0. The molecule has 1 aromatic carbocycles. The number of hydrogen-bond acceptors (Lipinski definition) is 9. The smallest absolute Gasteiger partial charge is 0.268 e. The van der Waals surface area contributed by atoms with Crippen molar-refractivity contribution in [3.8, 4) is 0 Å². The van der Waals surface area contributed by atoms with Gasteiger partial charge >= 0.3 is 0 Å². The number of thiophene rings is 1. The zero-order valence-corrected chi connectivity index (χ0v) is 19.1. The molecule has 1 N–H and O–H groups in total. The molecule has 0 aliphatic carbocycles. The van der Waals surface area contributed by atoms with Crippen LogP contribution in [0, 0.1) is 0 Å². The van der Waals surface area contributed by atoms with E-state index in [9.17, 15) is 4.79 Å². The zero-order valence-electron chi connectivity index (χ0n) is 15.9. The monoisotopic (exact) mass is 472 g/mol. The van der Waals surface area contributed by atoms with Gasteiger partial charge in [0.25, 0.3) is 5.56 Å². The summed E-state index contributed by atoms with van der Waals surface area (Å²) >= 11 is 6.31. The summed E-state index contributed by atoms with van der Waals surface area (Å²) in [5, 5.41) is 11.5. The van der Waals surface area contributed by atoms with Gasteiger partial charge in [0.2, 0.25) is 0 Å². The molecule has 4 heterocycles. The number of benzene rings is 1. The van der Waals surface area contributed by atoms with Gasteiger partial charge in [-0.3, -0.25) is 4.79 Å². The van der Waals surface area contributed by atoms with Crippen molar-refractivity contribution < 1.29 is 0 Å². The number of nitrogens with one attached hydrogen (secondary N) is 1. The first kappa shape index (κ1) is 19.7. The third kappa shape index (κ3) is 3.89. The molecule has 4 aromatic heterocycles. The molecule has 5 aromatic rings. The fourth-order valence-electron chi connectivity index (χ4n) is 3.01. The fourth-order valence-corrected chi connectivity index (χ4v) is 6.64. The van der Waals surface area contributed by atoms with Crippen LogP contribution in [0.3, 0.4) is 0 Å². The average Bonchev–Trinajstić information content (AvgIpc) is 3.47. The molecule has 5 rings (SSSR count). The third-order valence-corrected chi connectivity index (χ3v) is 8.47. The number of aromatic amines is 1. The van der Waals surface area contributed by atoms with Crippen molar-refractivity contribution in [1.29, 1.82) is 0 Å². The van der Waals surface area contributed by atoms with Crippen LogP contribution in [-0.4, -0.2) is 29.7 Å². The topological polar surface area (TPSA) is 89.3 Å². The molecule has 0 spiro atoms. The Balaban J connectivity index is 1.29. The molecule has 0 atom stereocenters. The molecule has 30 heavy (non-hydrogen) atoms. The standard InChI is InChI=1S/C19H16N6OS4/c1-2-25-15(10-29-19-21-11-5-3-4-6-13(11)30-19)23-24-18(25)28-9-14-20-12-7-8-27-16(12)17(26)22-14/h3-8H,2,9-10H2,1H3,(H,20,22,26). The van der Waals surface area contributed by atoms with Crippen molar-refractivity contribution >= 4 is 66.6 Å². The van der Waals surface area contributed by atoms with Gasteiger partial charge in [-0.25, -0.2) is 9.97 Å². The van der Waals surface area contributed by atoms with E-state index in [1.165, 1.54) is 27.8 Å². The van der Waals surface area contributed by atoms with Crippen LogP contribution in [0.5, 0.6) is 0 Å². The number of para-hydroxylation sites is 1. The number of rotatable bonds is 7. The van der Waals surface area contributed by atoms with Crippen molar-refractivity contribution in [3.05, 3.63) is 57.7 Å². The SMILES string of the molecule is CCn1c(CSc2nc3ccccc3s2)nnc1SCc1nc2ccsc2c(=O)[nH]1. The van der Waals surface area contributed by atoms with Crippen LogP contribution >= 0.6 is 46.2 Å². The van der Waals surface area contributed by atoms with Crippen LogP contribution in [0.25, 0.3) is 20.4 Å². The summed E-state index contributed by atoms with van der Waals surface area (Å²) in [6.45, 7) is 2.86. The van der Waals surface area contributed by atoms with Crippen molar-refractivity contribution in [3.63, 3.8) is 0 Å². The van der Waals surface area contributed by atoms with E-state index in [2.05, 4.69) is 42.7 Å². The molecule has 152 valence electrons. The first-order valence-electron chi connectivity index (χ1n) is 9.21. The molecular formula is C19H16N6OS4. The number of hydrogen-bond donors (Lipinski definition) is 1. The van der Waals surface area contributed by atoms with Crippen LogP contribution in [0.2, 0.25) is 0 Å². The first-order valence-corrected chi connectivity index (χ1v) is 12.9.